The first kappa shape index (κ1) is 28.7. The van der Waals surface area contributed by atoms with Crippen molar-refractivity contribution in [2.45, 2.75) is 84.8 Å². The van der Waals surface area contributed by atoms with E-state index in [-0.39, 0.29) is 25.0 Å². The van der Waals surface area contributed by atoms with Crippen LogP contribution in [0.2, 0.25) is 0 Å². The van der Waals surface area contributed by atoms with Gasteiger partial charge in [-0.1, -0.05) is 68.1 Å². The summed E-state index contributed by atoms with van der Waals surface area (Å²) in [6.45, 7) is 7.48. The van der Waals surface area contributed by atoms with Gasteiger partial charge in [-0.15, -0.1) is 0 Å². The van der Waals surface area contributed by atoms with Gasteiger partial charge in [0.1, 0.15) is 12.6 Å². The number of carbonyl (C=O) groups excluding carboxylic acids is 2. The van der Waals surface area contributed by atoms with Gasteiger partial charge in [0.25, 0.3) is 0 Å². The van der Waals surface area contributed by atoms with Gasteiger partial charge in [0.2, 0.25) is 21.8 Å². The molecule has 0 saturated heterocycles. The van der Waals surface area contributed by atoms with E-state index in [9.17, 15) is 18.0 Å². The van der Waals surface area contributed by atoms with Crippen LogP contribution in [0.15, 0.2) is 42.5 Å². The molecule has 0 aromatic heterocycles. The quantitative estimate of drug-likeness (QED) is 0.488. The lowest BCUT2D eigenvalue weighted by molar-refractivity contribution is -0.140. The van der Waals surface area contributed by atoms with E-state index in [4.69, 9.17) is 0 Å². The van der Waals surface area contributed by atoms with Gasteiger partial charge in [-0.3, -0.25) is 13.9 Å². The van der Waals surface area contributed by atoms with Crippen LogP contribution in [0.4, 0.5) is 5.69 Å². The number of aryl methyl sites for hydroxylation is 2. The van der Waals surface area contributed by atoms with Crippen LogP contribution < -0.4 is 9.62 Å². The fourth-order valence-electron chi connectivity index (χ4n) is 5.07. The molecule has 1 fully saturated rings. The molecule has 0 radical (unpaired) electrons. The molecule has 202 valence electrons. The minimum Gasteiger partial charge on any atom is -0.352 e. The van der Waals surface area contributed by atoms with Gasteiger partial charge in [-0.05, 0) is 62.8 Å². The molecule has 1 atom stereocenters. The number of anilines is 1. The maximum Gasteiger partial charge on any atom is 0.244 e. The van der Waals surface area contributed by atoms with Gasteiger partial charge in [0, 0.05) is 12.6 Å². The first-order chi connectivity index (χ1) is 17.5. The summed E-state index contributed by atoms with van der Waals surface area (Å²) in [6, 6.07) is 12.7. The van der Waals surface area contributed by atoms with Crippen molar-refractivity contribution in [2.24, 2.45) is 0 Å². The van der Waals surface area contributed by atoms with Crippen LogP contribution >= 0.6 is 0 Å². The molecular formula is C29H41N3O4S. The maximum absolute atomic E-state index is 13.9. The highest BCUT2D eigenvalue weighted by Crippen LogP contribution is 2.26. The van der Waals surface area contributed by atoms with Gasteiger partial charge in [0.05, 0.1) is 11.9 Å². The Balaban J connectivity index is 1.94. The molecule has 0 unspecified atom stereocenters. The summed E-state index contributed by atoms with van der Waals surface area (Å²) >= 11 is 0. The lowest BCUT2D eigenvalue weighted by Crippen LogP contribution is -2.54. The second-order valence-corrected chi connectivity index (χ2v) is 12.2. The Labute approximate surface area is 222 Å². The summed E-state index contributed by atoms with van der Waals surface area (Å²) in [5.74, 6) is -0.577. The van der Waals surface area contributed by atoms with Crippen LogP contribution in [0.5, 0.6) is 0 Å². The Kier molecular flexibility index (Phi) is 9.76. The molecule has 7 nitrogen and oxygen atoms in total. The van der Waals surface area contributed by atoms with Crippen LogP contribution in [-0.4, -0.2) is 50.0 Å². The number of sulfonamides is 1. The number of hydrogen-bond acceptors (Lipinski definition) is 4. The van der Waals surface area contributed by atoms with E-state index in [1.165, 1.54) is 6.42 Å². The van der Waals surface area contributed by atoms with E-state index in [0.717, 1.165) is 58.5 Å². The van der Waals surface area contributed by atoms with E-state index < -0.39 is 22.0 Å². The number of rotatable bonds is 10. The molecule has 1 N–H and O–H groups in total. The predicted molar refractivity (Wildman–Crippen MR) is 149 cm³/mol. The molecule has 37 heavy (non-hydrogen) atoms. The van der Waals surface area contributed by atoms with Gasteiger partial charge in [-0.25, -0.2) is 8.42 Å². The van der Waals surface area contributed by atoms with Crippen molar-refractivity contribution >= 4 is 27.5 Å². The first-order valence-electron chi connectivity index (χ1n) is 13.2. The summed E-state index contributed by atoms with van der Waals surface area (Å²) in [7, 11) is -3.76. The highest BCUT2D eigenvalue weighted by Gasteiger charge is 2.33. The average Bonchev–Trinajstić information content (AvgIpc) is 2.84. The zero-order chi connectivity index (χ0) is 27.2. The summed E-state index contributed by atoms with van der Waals surface area (Å²) in [6.07, 6.45) is 6.80. The van der Waals surface area contributed by atoms with Crippen molar-refractivity contribution in [3.63, 3.8) is 0 Å². The maximum atomic E-state index is 13.9. The molecule has 1 aliphatic rings. The standard InChI is InChI=1S/C29H41N3O4S/c1-6-26(29(34)30-25-15-8-7-9-16-25)31(19-24-14-10-12-21(2)18-24)28(33)20-32(37(5,35)36)27-17-11-13-22(3)23(27)4/h10-14,17-18,25-26H,6-9,15-16,19-20H2,1-5H3,(H,30,34)/t26-/m0/s1. The third kappa shape index (κ3) is 7.57. The number of amides is 2. The van der Waals surface area contributed by atoms with E-state index >= 15 is 0 Å². The van der Waals surface area contributed by atoms with Crippen molar-refractivity contribution in [3.8, 4) is 0 Å². The number of carbonyl (C=O) groups is 2. The van der Waals surface area contributed by atoms with E-state index in [1.807, 2.05) is 58.0 Å². The second-order valence-electron chi connectivity index (χ2n) is 10.3. The smallest absolute Gasteiger partial charge is 0.244 e. The molecule has 1 saturated carbocycles. The molecule has 2 aromatic rings. The van der Waals surface area contributed by atoms with E-state index in [2.05, 4.69) is 5.32 Å². The molecular weight excluding hydrogens is 486 g/mol. The normalized spacial score (nSPS) is 15.2. The van der Waals surface area contributed by atoms with Crippen LogP contribution in [-0.2, 0) is 26.2 Å². The van der Waals surface area contributed by atoms with E-state index in [1.54, 1.807) is 17.0 Å². The monoisotopic (exact) mass is 527 g/mol. The largest absolute Gasteiger partial charge is 0.352 e. The lowest BCUT2D eigenvalue weighted by Gasteiger charge is -2.34. The number of nitrogens with one attached hydrogen (secondary N) is 1. The predicted octanol–water partition coefficient (Wildman–Crippen LogP) is 4.63. The highest BCUT2D eigenvalue weighted by atomic mass is 32.2. The zero-order valence-corrected chi connectivity index (χ0v) is 23.6. The summed E-state index contributed by atoms with van der Waals surface area (Å²) in [5, 5.41) is 3.17. The van der Waals surface area contributed by atoms with Gasteiger partial charge in [-0.2, -0.15) is 0 Å². The lowest BCUT2D eigenvalue weighted by atomic mass is 9.95. The Hall–Kier alpha value is -2.87. The van der Waals surface area contributed by atoms with Crippen LogP contribution in [0.25, 0.3) is 0 Å². The SMILES string of the molecule is CC[C@@H](C(=O)NC1CCCCC1)N(Cc1cccc(C)c1)C(=O)CN(c1cccc(C)c1C)S(C)(=O)=O. The highest BCUT2D eigenvalue weighted by molar-refractivity contribution is 7.92. The van der Waals surface area contributed by atoms with Crippen LogP contribution in [0.3, 0.4) is 0 Å². The van der Waals surface area contributed by atoms with Crippen molar-refractivity contribution in [3.05, 3.63) is 64.7 Å². The fourth-order valence-corrected chi connectivity index (χ4v) is 5.97. The van der Waals surface area contributed by atoms with Gasteiger partial charge < -0.3 is 10.2 Å². The molecule has 0 bridgehead atoms. The molecule has 1 aliphatic carbocycles. The number of benzene rings is 2. The zero-order valence-electron chi connectivity index (χ0n) is 22.8. The third-order valence-corrected chi connectivity index (χ3v) is 8.42. The van der Waals surface area contributed by atoms with E-state index in [0.29, 0.717) is 12.1 Å². The molecule has 0 heterocycles. The molecule has 0 aliphatic heterocycles. The Morgan fingerprint density at radius 3 is 2.32 bits per heavy atom. The van der Waals surface area contributed by atoms with Crippen LogP contribution in [0.1, 0.15) is 67.7 Å². The van der Waals surface area contributed by atoms with Crippen molar-refractivity contribution in [1.29, 1.82) is 0 Å². The average molecular weight is 528 g/mol. The Morgan fingerprint density at radius 2 is 1.70 bits per heavy atom. The van der Waals surface area contributed by atoms with Crippen molar-refractivity contribution in [2.75, 3.05) is 17.1 Å². The summed E-state index contributed by atoms with van der Waals surface area (Å²) in [5.41, 5.74) is 4.17. The minimum atomic E-state index is -3.76. The first-order valence-corrected chi connectivity index (χ1v) is 15.1. The third-order valence-electron chi connectivity index (χ3n) is 7.30. The Morgan fingerprint density at radius 1 is 1.03 bits per heavy atom. The topological polar surface area (TPSA) is 86.8 Å². The molecule has 8 heteroatoms. The number of nitrogens with zero attached hydrogens (tertiary/aromatic N) is 2. The van der Waals surface area contributed by atoms with Crippen molar-refractivity contribution < 1.29 is 18.0 Å². The van der Waals surface area contributed by atoms with Crippen LogP contribution in [0, 0.1) is 20.8 Å². The fraction of sp³-hybridized carbons (Fsp3) is 0.517. The van der Waals surface area contributed by atoms with Crippen molar-refractivity contribution in [1.82, 2.24) is 10.2 Å². The molecule has 0 spiro atoms. The Bertz CT molecular complexity index is 1210. The molecule has 3 rings (SSSR count). The summed E-state index contributed by atoms with van der Waals surface area (Å²) < 4.78 is 26.9. The molecule has 2 amide bonds. The second kappa shape index (κ2) is 12.6. The number of hydrogen-bond donors (Lipinski definition) is 1. The van der Waals surface area contributed by atoms with Gasteiger partial charge in [0.15, 0.2) is 0 Å². The molecule has 2 aromatic carbocycles. The van der Waals surface area contributed by atoms with Gasteiger partial charge >= 0.3 is 0 Å². The minimum absolute atomic E-state index is 0.119. The summed E-state index contributed by atoms with van der Waals surface area (Å²) in [4.78, 5) is 28.9.